The van der Waals surface area contributed by atoms with E-state index in [0.717, 1.165) is 33.4 Å². The molecule has 2 aromatic heterocycles. The van der Waals surface area contributed by atoms with Crippen LogP contribution in [0.4, 0.5) is 0 Å². The third kappa shape index (κ3) is 5.03. The van der Waals surface area contributed by atoms with E-state index in [1.807, 2.05) is 60.4 Å². The molecular formula is C25H25N3O2S. The molecule has 0 spiro atoms. The minimum Gasteiger partial charge on any atom is -0.467 e. The lowest BCUT2D eigenvalue weighted by atomic mass is 10.1. The molecule has 6 heteroatoms. The molecule has 0 unspecified atom stereocenters. The first-order chi connectivity index (χ1) is 15.0. The molecule has 31 heavy (non-hydrogen) atoms. The highest BCUT2D eigenvalue weighted by atomic mass is 32.1. The van der Waals surface area contributed by atoms with Crippen molar-refractivity contribution in [1.29, 1.82) is 0 Å². The van der Waals surface area contributed by atoms with Gasteiger partial charge in [-0.05, 0) is 66.8 Å². The Morgan fingerprint density at radius 1 is 1.06 bits per heavy atom. The molecule has 0 amide bonds. The van der Waals surface area contributed by atoms with Crippen LogP contribution in [0.3, 0.4) is 0 Å². The first-order valence-corrected chi connectivity index (χ1v) is 10.6. The van der Waals surface area contributed by atoms with E-state index in [9.17, 15) is 4.79 Å². The first-order valence-electron chi connectivity index (χ1n) is 10.2. The number of aryl methyl sites for hydroxylation is 2. The van der Waals surface area contributed by atoms with E-state index in [1.165, 1.54) is 0 Å². The average molecular weight is 432 g/mol. The lowest BCUT2D eigenvalue weighted by Gasteiger charge is -2.25. The molecule has 0 aliphatic rings. The van der Waals surface area contributed by atoms with E-state index >= 15 is 0 Å². The topological polar surface area (TPSA) is 61.3 Å². The van der Waals surface area contributed by atoms with Crippen molar-refractivity contribution in [2.45, 2.75) is 33.5 Å². The maximum atomic E-state index is 12.8. The Hall–Kier alpha value is -3.38. The Bertz CT molecular complexity index is 1250. The van der Waals surface area contributed by atoms with Crippen molar-refractivity contribution in [3.63, 3.8) is 0 Å². The number of pyridine rings is 1. The quantitative estimate of drug-likeness (QED) is 0.429. The van der Waals surface area contributed by atoms with Crippen LogP contribution in [-0.4, -0.2) is 15.0 Å². The summed E-state index contributed by atoms with van der Waals surface area (Å²) in [5, 5.41) is 4.90. The number of thiocarbonyl (C=S) groups is 1. The fraction of sp³-hybridized carbons (Fsp3) is 0.200. The van der Waals surface area contributed by atoms with Gasteiger partial charge in [-0.2, -0.15) is 0 Å². The minimum absolute atomic E-state index is 0.102. The summed E-state index contributed by atoms with van der Waals surface area (Å²) in [4.78, 5) is 17.8. The van der Waals surface area contributed by atoms with Crippen LogP contribution in [0.25, 0.3) is 10.9 Å². The van der Waals surface area contributed by atoms with E-state index in [2.05, 4.69) is 29.4 Å². The molecule has 0 aliphatic carbocycles. The van der Waals surface area contributed by atoms with Gasteiger partial charge in [-0.1, -0.05) is 42.0 Å². The van der Waals surface area contributed by atoms with Crippen molar-refractivity contribution in [2.24, 2.45) is 0 Å². The number of nitrogens with zero attached hydrogens (tertiary/aromatic N) is 1. The van der Waals surface area contributed by atoms with Gasteiger partial charge in [-0.25, -0.2) is 0 Å². The predicted molar refractivity (Wildman–Crippen MR) is 128 cm³/mol. The van der Waals surface area contributed by atoms with Crippen LogP contribution >= 0.6 is 12.2 Å². The fourth-order valence-electron chi connectivity index (χ4n) is 3.73. The maximum Gasteiger partial charge on any atom is 0.253 e. The Morgan fingerprint density at radius 2 is 1.87 bits per heavy atom. The molecule has 0 bridgehead atoms. The first kappa shape index (κ1) is 20.9. The van der Waals surface area contributed by atoms with Gasteiger partial charge in [0.15, 0.2) is 5.11 Å². The van der Waals surface area contributed by atoms with E-state index < -0.39 is 0 Å². The van der Waals surface area contributed by atoms with Gasteiger partial charge in [0.25, 0.3) is 5.56 Å². The Balaban J connectivity index is 1.60. The summed E-state index contributed by atoms with van der Waals surface area (Å²) in [6.45, 7) is 5.53. The standard InChI is InChI=1S/C25H25N3O2S/c1-17-11-18(2)23-20(12-17)13-21(24(29)27-23)15-28(16-22-9-6-10-30-22)25(31)26-14-19-7-4-3-5-8-19/h3-13H,14-16H2,1-2H3,(H,26,31)(H,27,29). The molecule has 4 rings (SSSR count). The van der Waals surface area contributed by atoms with Gasteiger partial charge >= 0.3 is 0 Å². The molecule has 0 saturated heterocycles. The molecule has 0 fully saturated rings. The van der Waals surface area contributed by atoms with Gasteiger partial charge in [-0.15, -0.1) is 0 Å². The second kappa shape index (κ2) is 9.18. The summed E-state index contributed by atoms with van der Waals surface area (Å²) in [6, 6.07) is 20.0. The van der Waals surface area contributed by atoms with E-state index in [4.69, 9.17) is 16.6 Å². The second-order valence-corrected chi connectivity index (χ2v) is 8.14. The molecule has 0 radical (unpaired) electrons. The van der Waals surface area contributed by atoms with Crippen molar-refractivity contribution < 1.29 is 4.42 Å². The van der Waals surface area contributed by atoms with Gasteiger partial charge < -0.3 is 19.6 Å². The molecule has 2 heterocycles. The molecule has 0 aliphatic heterocycles. The number of fused-ring (bicyclic) bond motifs is 1. The summed E-state index contributed by atoms with van der Waals surface area (Å²) < 4.78 is 5.53. The maximum absolute atomic E-state index is 12.8. The number of hydrogen-bond donors (Lipinski definition) is 2. The van der Waals surface area contributed by atoms with Crippen molar-refractivity contribution in [3.05, 3.63) is 105 Å². The monoisotopic (exact) mass is 431 g/mol. The van der Waals surface area contributed by atoms with E-state index in [1.54, 1.807) is 6.26 Å². The number of rotatable bonds is 6. The van der Waals surface area contributed by atoms with Crippen molar-refractivity contribution in [3.8, 4) is 0 Å². The SMILES string of the molecule is Cc1cc(C)c2[nH]c(=O)c(CN(Cc3ccco3)C(=S)NCc3ccccc3)cc2c1. The number of aromatic amines is 1. The minimum atomic E-state index is -0.102. The number of aromatic nitrogens is 1. The van der Waals surface area contributed by atoms with Gasteiger partial charge in [-0.3, -0.25) is 4.79 Å². The summed E-state index contributed by atoms with van der Waals surface area (Å²) in [5.41, 5.74) is 4.79. The number of H-pyrrole nitrogens is 1. The zero-order valence-corrected chi connectivity index (χ0v) is 18.5. The van der Waals surface area contributed by atoms with Crippen molar-refractivity contribution in [2.75, 3.05) is 0 Å². The molecule has 158 valence electrons. The van der Waals surface area contributed by atoms with Crippen LogP contribution in [0.5, 0.6) is 0 Å². The summed E-state index contributed by atoms with van der Waals surface area (Å²) in [6.07, 6.45) is 1.64. The smallest absolute Gasteiger partial charge is 0.253 e. The molecular weight excluding hydrogens is 406 g/mol. The number of hydrogen-bond acceptors (Lipinski definition) is 3. The number of nitrogens with one attached hydrogen (secondary N) is 2. The van der Waals surface area contributed by atoms with Gasteiger partial charge in [0, 0.05) is 12.1 Å². The summed E-state index contributed by atoms with van der Waals surface area (Å²) in [7, 11) is 0. The number of furan rings is 1. The second-order valence-electron chi connectivity index (χ2n) is 7.75. The number of benzene rings is 2. The van der Waals surface area contributed by atoms with Crippen molar-refractivity contribution >= 4 is 28.2 Å². The molecule has 2 aromatic carbocycles. The highest BCUT2D eigenvalue weighted by molar-refractivity contribution is 7.80. The van der Waals surface area contributed by atoms with Crippen LogP contribution in [-0.2, 0) is 19.6 Å². The van der Waals surface area contributed by atoms with Crippen LogP contribution < -0.4 is 10.9 Å². The summed E-state index contributed by atoms with van der Waals surface area (Å²) in [5.74, 6) is 0.785. The molecule has 0 atom stereocenters. The molecule has 2 N–H and O–H groups in total. The van der Waals surface area contributed by atoms with E-state index in [-0.39, 0.29) is 5.56 Å². The molecule has 4 aromatic rings. The van der Waals surface area contributed by atoms with Gasteiger partial charge in [0.05, 0.1) is 24.9 Å². The normalized spacial score (nSPS) is 10.9. The van der Waals surface area contributed by atoms with Crippen LogP contribution in [0.2, 0.25) is 0 Å². The van der Waals surface area contributed by atoms with Gasteiger partial charge in [0.1, 0.15) is 5.76 Å². The van der Waals surface area contributed by atoms with Gasteiger partial charge in [0.2, 0.25) is 0 Å². The predicted octanol–water partition coefficient (Wildman–Crippen LogP) is 4.81. The molecule has 5 nitrogen and oxygen atoms in total. The third-order valence-electron chi connectivity index (χ3n) is 5.23. The van der Waals surface area contributed by atoms with Crippen LogP contribution in [0.1, 0.15) is 28.0 Å². The largest absolute Gasteiger partial charge is 0.467 e. The Labute approximate surface area is 186 Å². The zero-order chi connectivity index (χ0) is 21.8. The average Bonchev–Trinajstić information content (AvgIpc) is 3.26. The Morgan fingerprint density at radius 3 is 2.61 bits per heavy atom. The third-order valence-corrected chi connectivity index (χ3v) is 5.63. The van der Waals surface area contributed by atoms with Crippen LogP contribution in [0.15, 0.2) is 76.1 Å². The highest BCUT2D eigenvalue weighted by Crippen LogP contribution is 2.19. The van der Waals surface area contributed by atoms with Crippen molar-refractivity contribution in [1.82, 2.24) is 15.2 Å². The summed E-state index contributed by atoms with van der Waals surface area (Å²) >= 11 is 5.69. The molecule has 0 saturated carbocycles. The zero-order valence-electron chi connectivity index (χ0n) is 17.6. The highest BCUT2D eigenvalue weighted by Gasteiger charge is 2.16. The van der Waals surface area contributed by atoms with Crippen LogP contribution in [0, 0.1) is 13.8 Å². The lowest BCUT2D eigenvalue weighted by Crippen LogP contribution is -2.39. The fourth-order valence-corrected chi connectivity index (χ4v) is 3.93. The Kier molecular flexibility index (Phi) is 6.18. The lowest BCUT2D eigenvalue weighted by molar-refractivity contribution is 0.350. The van der Waals surface area contributed by atoms with E-state index in [0.29, 0.717) is 30.3 Å².